The Kier molecular flexibility index (Phi) is 14.2. The van der Waals surface area contributed by atoms with Crippen LogP contribution in [0.4, 0.5) is 0 Å². The number of hydrogen-bond acceptors (Lipinski definition) is 7. The molecular weight excluding hydrogens is 739 g/mol. The van der Waals surface area contributed by atoms with Crippen LogP contribution in [0.25, 0.3) is 19.5 Å². The van der Waals surface area contributed by atoms with Crippen molar-refractivity contribution in [1.82, 2.24) is 4.31 Å². The van der Waals surface area contributed by atoms with E-state index < -0.39 is 18.1 Å². The molecule has 0 saturated carbocycles. The van der Waals surface area contributed by atoms with Crippen LogP contribution in [0.2, 0.25) is 12.1 Å². The molecular formula is C42H65NO4S4Si. The summed E-state index contributed by atoms with van der Waals surface area (Å²) in [7, 11) is -6.13. The van der Waals surface area contributed by atoms with Gasteiger partial charge in [-0.3, -0.25) is 4.79 Å². The van der Waals surface area contributed by atoms with Crippen molar-refractivity contribution in [2.45, 2.75) is 168 Å². The summed E-state index contributed by atoms with van der Waals surface area (Å²) < 4.78 is 28.9. The SMILES string of the molecule is CCCCC(CC)C[Si]1(CC(CC)CCCC)c2cc(-c3sc(C)c4c3C(=O)N(CCCCCCO)S4(=O)=O)sc2-c2sc(C(C)(C)CCC)cc21. The molecule has 0 radical (unpaired) electrons. The third-order valence-corrected chi connectivity index (χ3v) is 24.0. The number of rotatable bonds is 22. The predicted octanol–water partition coefficient (Wildman–Crippen LogP) is 11.6. The van der Waals surface area contributed by atoms with Gasteiger partial charge in [0.05, 0.1) is 10.4 Å². The van der Waals surface area contributed by atoms with Crippen LogP contribution < -0.4 is 10.4 Å². The first kappa shape index (κ1) is 41.9. The van der Waals surface area contributed by atoms with Crippen molar-refractivity contribution in [3.05, 3.63) is 27.5 Å². The fraction of sp³-hybridized carbons (Fsp3) is 0.690. The van der Waals surface area contributed by atoms with Gasteiger partial charge in [-0.15, -0.1) is 34.0 Å². The first-order valence-electron chi connectivity index (χ1n) is 20.5. The lowest BCUT2D eigenvalue weighted by molar-refractivity contribution is 0.0870. The van der Waals surface area contributed by atoms with Crippen LogP contribution in [0.1, 0.15) is 158 Å². The number of amides is 1. The maximum atomic E-state index is 14.1. The minimum atomic E-state index is -3.89. The molecule has 2 unspecified atom stereocenters. The smallest absolute Gasteiger partial charge is 0.270 e. The molecule has 3 aromatic heterocycles. The highest BCUT2D eigenvalue weighted by Crippen LogP contribution is 2.52. The van der Waals surface area contributed by atoms with Crippen LogP contribution in [-0.2, 0) is 15.4 Å². The number of aryl methyl sites for hydroxylation is 1. The Morgan fingerprint density at radius 3 is 1.96 bits per heavy atom. The molecule has 0 fully saturated rings. The van der Waals surface area contributed by atoms with Gasteiger partial charge in [0, 0.05) is 37.5 Å². The fourth-order valence-electron chi connectivity index (χ4n) is 9.06. The van der Waals surface area contributed by atoms with Crippen LogP contribution in [0.15, 0.2) is 17.0 Å². The van der Waals surface area contributed by atoms with E-state index >= 15 is 0 Å². The van der Waals surface area contributed by atoms with Crippen molar-refractivity contribution in [2.75, 3.05) is 13.2 Å². The second-order valence-electron chi connectivity index (χ2n) is 16.4. The molecule has 0 spiro atoms. The number of sulfonamides is 1. The van der Waals surface area contributed by atoms with E-state index in [0.29, 0.717) is 30.2 Å². The van der Waals surface area contributed by atoms with E-state index in [1.807, 2.05) is 29.6 Å². The van der Waals surface area contributed by atoms with Crippen LogP contribution >= 0.6 is 34.0 Å². The minimum absolute atomic E-state index is 0.122. The van der Waals surface area contributed by atoms with Gasteiger partial charge in [-0.1, -0.05) is 119 Å². The van der Waals surface area contributed by atoms with E-state index in [2.05, 4.69) is 60.6 Å². The zero-order valence-corrected chi connectivity index (χ0v) is 37.6. The highest BCUT2D eigenvalue weighted by molar-refractivity contribution is 7.90. The van der Waals surface area contributed by atoms with Crippen LogP contribution in [0.5, 0.6) is 0 Å². The molecule has 0 aromatic carbocycles. The summed E-state index contributed by atoms with van der Waals surface area (Å²) in [5.74, 6) is 1.02. The molecule has 2 aliphatic heterocycles. The molecule has 5 nitrogen and oxygen atoms in total. The Balaban J connectivity index is 1.67. The number of aliphatic hydroxyl groups is 1. The van der Waals surface area contributed by atoms with E-state index in [9.17, 15) is 18.3 Å². The van der Waals surface area contributed by atoms with Crippen molar-refractivity contribution < 1.29 is 18.3 Å². The number of fused-ring (bicyclic) bond motifs is 4. The predicted molar refractivity (Wildman–Crippen MR) is 229 cm³/mol. The number of nitrogens with zero attached hydrogens (tertiary/aromatic N) is 1. The maximum Gasteiger partial charge on any atom is 0.270 e. The Morgan fingerprint density at radius 2 is 1.38 bits per heavy atom. The van der Waals surface area contributed by atoms with Crippen molar-refractivity contribution in [3.8, 4) is 19.5 Å². The highest BCUT2D eigenvalue weighted by atomic mass is 32.2. The van der Waals surface area contributed by atoms with Gasteiger partial charge in [0.25, 0.3) is 15.9 Å². The molecule has 5 heterocycles. The Hall–Kier alpha value is -1.30. The van der Waals surface area contributed by atoms with Gasteiger partial charge in [0.2, 0.25) is 0 Å². The van der Waals surface area contributed by atoms with Crippen molar-refractivity contribution in [3.63, 3.8) is 0 Å². The fourth-order valence-corrected chi connectivity index (χ4v) is 23.0. The lowest BCUT2D eigenvalue weighted by atomic mass is 9.86. The molecule has 0 saturated heterocycles. The average molecular weight is 804 g/mol. The molecule has 1 N–H and O–H groups in total. The van der Waals surface area contributed by atoms with E-state index in [1.54, 1.807) is 10.4 Å². The third-order valence-electron chi connectivity index (χ3n) is 12.1. The maximum absolute atomic E-state index is 14.1. The molecule has 52 heavy (non-hydrogen) atoms. The first-order valence-corrected chi connectivity index (χ1v) is 26.8. The molecule has 0 bridgehead atoms. The molecule has 3 aromatic rings. The third kappa shape index (κ3) is 8.00. The largest absolute Gasteiger partial charge is 0.396 e. The molecule has 10 heteroatoms. The van der Waals surface area contributed by atoms with Gasteiger partial charge in [-0.2, -0.15) is 0 Å². The normalized spacial score (nSPS) is 18.9. The molecule has 2 atom stereocenters. The number of hydrogen-bond donors (Lipinski definition) is 1. The average Bonchev–Trinajstić information content (AvgIpc) is 3.90. The Bertz CT molecular complexity index is 1770. The van der Waals surface area contributed by atoms with Crippen molar-refractivity contribution in [1.29, 1.82) is 0 Å². The molecule has 2 aliphatic rings. The van der Waals surface area contributed by atoms with Crippen LogP contribution in [-0.4, -0.2) is 45.0 Å². The Labute approximate surface area is 328 Å². The van der Waals surface area contributed by atoms with Gasteiger partial charge in [-0.25, -0.2) is 12.7 Å². The number of carbonyl (C=O) groups is 1. The van der Waals surface area contributed by atoms with Crippen LogP contribution in [0.3, 0.4) is 0 Å². The second-order valence-corrected chi connectivity index (χ2v) is 25.6. The topological polar surface area (TPSA) is 74.7 Å². The lowest BCUT2D eigenvalue weighted by Crippen LogP contribution is -2.57. The van der Waals surface area contributed by atoms with E-state index in [4.69, 9.17) is 0 Å². The van der Waals surface area contributed by atoms with Gasteiger partial charge in [0.15, 0.2) is 0 Å². The van der Waals surface area contributed by atoms with E-state index in [-0.39, 0.29) is 29.4 Å². The first-order chi connectivity index (χ1) is 24.8. The van der Waals surface area contributed by atoms with Gasteiger partial charge in [0.1, 0.15) is 13.0 Å². The molecule has 1 amide bonds. The molecule has 290 valence electrons. The highest BCUT2D eigenvalue weighted by Gasteiger charge is 2.51. The number of unbranched alkanes of at least 4 members (excludes halogenated alkanes) is 5. The van der Waals surface area contributed by atoms with Gasteiger partial charge in [-0.05, 0) is 78.0 Å². The summed E-state index contributed by atoms with van der Waals surface area (Å²) in [5.41, 5.74) is 0.529. The zero-order chi connectivity index (χ0) is 37.8. The second kappa shape index (κ2) is 17.7. The summed E-state index contributed by atoms with van der Waals surface area (Å²) in [6.07, 6.45) is 15.2. The van der Waals surface area contributed by atoms with E-state index in [1.165, 1.54) is 95.8 Å². The summed E-state index contributed by atoms with van der Waals surface area (Å²) in [4.78, 5) is 21.4. The summed E-state index contributed by atoms with van der Waals surface area (Å²) in [6, 6.07) is 7.71. The number of carbonyl (C=O) groups excluding carboxylic acids is 1. The molecule has 5 rings (SSSR count). The Morgan fingerprint density at radius 1 is 0.788 bits per heavy atom. The molecule has 0 aliphatic carbocycles. The van der Waals surface area contributed by atoms with E-state index in [0.717, 1.165) is 38.2 Å². The monoisotopic (exact) mass is 803 g/mol. The quantitative estimate of drug-likeness (QED) is 0.0811. The minimum Gasteiger partial charge on any atom is -0.396 e. The summed E-state index contributed by atoms with van der Waals surface area (Å²) >= 11 is 5.37. The summed E-state index contributed by atoms with van der Waals surface area (Å²) in [6.45, 7) is 18.8. The van der Waals surface area contributed by atoms with Gasteiger partial charge < -0.3 is 5.11 Å². The standard InChI is InChI=1S/C42H65NO4S4Si/c1-9-14-20-30(12-4)27-52(28-31(13-5)21-15-10-2)33-25-32(49-38(33)39-34(52)26-35(50-39)42(7,8)22-11-3)37-36-40(29(6)48-37)51(46,47)43(41(36)45)23-18-16-17-19-24-44/h25-26,30-31,44H,9-24,27-28H2,1-8H3. The number of thiophene rings is 3. The van der Waals surface area contributed by atoms with Crippen molar-refractivity contribution >= 4 is 68.4 Å². The summed E-state index contributed by atoms with van der Waals surface area (Å²) in [5, 5.41) is 12.4. The van der Waals surface area contributed by atoms with Crippen LogP contribution in [0, 0.1) is 18.8 Å². The van der Waals surface area contributed by atoms with Crippen molar-refractivity contribution in [2.24, 2.45) is 11.8 Å². The lowest BCUT2D eigenvalue weighted by Gasteiger charge is -2.36. The van der Waals surface area contributed by atoms with Gasteiger partial charge >= 0.3 is 0 Å². The zero-order valence-electron chi connectivity index (χ0n) is 33.3. The number of aliphatic hydroxyl groups excluding tert-OH is 1.